The van der Waals surface area contributed by atoms with E-state index in [1.807, 2.05) is 30.3 Å². The summed E-state index contributed by atoms with van der Waals surface area (Å²) in [6, 6.07) is 10.0. The fourth-order valence-electron chi connectivity index (χ4n) is 3.03. The molecule has 0 aromatic heterocycles. The Hall–Kier alpha value is -1.51. The third-order valence-electron chi connectivity index (χ3n) is 4.55. The van der Waals surface area contributed by atoms with Crippen molar-refractivity contribution in [1.82, 2.24) is 0 Å². The first-order valence-electron chi connectivity index (χ1n) is 10.2. The molecule has 0 atom stereocenters. The molecular weight excluding hydrogens is 312 g/mol. The van der Waals surface area contributed by atoms with Crippen LogP contribution in [0, 0.1) is 0 Å². The zero-order valence-electron chi connectivity index (χ0n) is 15.8. The van der Waals surface area contributed by atoms with Gasteiger partial charge in [-0.05, 0) is 25.0 Å². The Morgan fingerprint density at radius 1 is 0.680 bits per heavy atom. The summed E-state index contributed by atoms with van der Waals surface area (Å²) in [5.74, 6) is 0.313. The van der Waals surface area contributed by atoms with Gasteiger partial charge in [0.2, 0.25) is 0 Å². The third kappa shape index (κ3) is 14.5. The monoisotopic (exact) mass is 348 g/mol. The summed E-state index contributed by atoms with van der Waals surface area (Å²) in [5, 5.41) is 8.56. The van der Waals surface area contributed by atoms with Crippen LogP contribution in [-0.2, 0) is 4.79 Å². The average Bonchev–Trinajstić information content (AvgIpc) is 2.62. The summed E-state index contributed by atoms with van der Waals surface area (Å²) >= 11 is 0. The van der Waals surface area contributed by atoms with Crippen LogP contribution in [0.1, 0.15) is 89.9 Å². The van der Waals surface area contributed by atoms with Crippen molar-refractivity contribution < 1.29 is 14.6 Å². The first-order chi connectivity index (χ1) is 12.3. The number of carboxylic acids is 1. The minimum Gasteiger partial charge on any atom is -0.494 e. The quantitative estimate of drug-likeness (QED) is 0.322. The van der Waals surface area contributed by atoms with Crippen molar-refractivity contribution >= 4 is 5.97 Å². The molecule has 1 aromatic rings. The fourth-order valence-corrected chi connectivity index (χ4v) is 3.03. The molecule has 142 valence electrons. The normalized spacial score (nSPS) is 10.7. The highest BCUT2D eigenvalue weighted by atomic mass is 16.5. The van der Waals surface area contributed by atoms with Gasteiger partial charge in [-0.1, -0.05) is 88.8 Å². The summed E-state index contributed by atoms with van der Waals surface area (Å²) < 4.78 is 5.70. The number of carboxylic acid groups (broad SMARTS) is 1. The van der Waals surface area contributed by atoms with Crippen LogP contribution in [0.15, 0.2) is 30.3 Å². The molecule has 0 heterocycles. The number of carbonyl (C=O) groups is 1. The van der Waals surface area contributed by atoms with Crippen LogP contribution < -0.4 is 4.74 Å². The van der Waals surface area contributed by atoms with Crippen LogP contribution in [0.2, 0.25) is 0 Å². The standard InChI is InChI=1S/C22H36O3/c23-22(24)19-15-10-8-6-4-2-1-3-5-7-9-11-16-20-25-21-17-13-12-14-18-21/h12-14,17-18H,1-11,15-16,19-20H2,(H,23,24). The smallest absolute Gasteiger partial charge is 0.303 e. The molecule has 1 N–H and O–H groups in total. The molecular formula is C22H36O3. The summed E-state index contributed by atoms with van der Waals surface area (Å²) in [6.45, 7) is 0.830. The van der Waals surface area contributed by atoms with E-state index in [-0.39, 0.29) is 0 Å². The lowest BCUT2D eigenvalue weighted by molar-refractivity contribution is -0.137. The van der Waals surface area contributed by atoms with Crippen molar-refractivity contribution in [2.45, 2.75) is 89.9 Å². The highest BCUT2D eigenvalue weighted by Gasteiger charge is 1.97. The van der Waals surface area contributed by atoms with Gasteiger partial charge in [-0.15, -0.1) is 0 Å². The van der Waals surface area contributed by atoms with Gasteiger partial charge in [0.1, 0.15) is 5.75 Å². The predicted molar refractivity (Wildman–Crippen MR) is 104 cm³/mol. The highest BCUT2D eigenvalue weighted by Crippen LogP contribution is 2.13. The number of aliphatic carboxylic acids is 1. The van der Waals surface area contributed by atoms with E-state index in [1.54, 1.807) is 0 Å². The second kappa shape index (κ2) is 16.0. The third-order valence-corrected chi connectivity index (χ3v) is 4.55. The van der Waals surface area contributed by atoms with E-state index in [1.165, 1.54) is 64.2 Å². The molecule has 0 spiro atoms. The number of unbranched alkanes of at least 4 members (excludes halogenated alkanes) is 12. The molecule has 3 heteroatoms. The minimum atomic E-state index is -0.663. The van der Waals surface area contributed by atoms with E-state index in [0.29, 0.717) is 6.42 Å². The van der Waals surface area contributed by atoms with Crippen molar-refractivity contribution in [1.29, 1.82) is 0 Å². The van der Waals surface area contributed by atoms with Gasteiger partial charge in [-0.2, -0.15) is 0 Å². The Morgan fingerprint density at radius 3 is 1.60 bits per heavy atom. The van der Waals surface area contributed by atoms with E-state index in [0.717, 1.165) is 31.6 Å². The summed E-state index contributed by atoms with van der Waals surface area (Å²) in [6.07, 6.45) is 16.5. The van der Waals surface area contributed by atoms with E-state index in [9.17, 15) is 4.79 Å². The topological polar surface area (TPSA) is 46.5 Å². The molecule has 25 heavy (non-hydrogen) atoms. The summed E-state index contributed by atoms with van der Waals surface area (Å²) in [5.41, 5.74) is 0. The maximum Gasteiger partial charge on any atom is 0.303 e. The molecule has 0 aliphatic heterocycles. The van der Waals surface area contributed by atoms with Gasteiger partial charge >= 0.3 is 5.97 Å². The van der Waals surface area contributed by atoms with Crippen LogP contribution in [0.5, 0.6) is 5.75 Å². The maximum absolute atomic E-state index is 10.4. The molecule has 3 nitrogen and oxygen atoms in total. The van der Waals surface area contributed by atoms with Gasteiger partial charge in [0.25, 0.3) is 0 Å². The van der Waals surface area contributed by atoms with Gasteiger partial charge in [0, 0.05) is 6.42 Å². The molecule has 0 fully saturated rings. The number of ether oxygens (including phenoxy) is 1. The van der Waals surface area contributed by atoms with Gasteiger partial charge in [0.05, 0.1) is 6.61 Å². The molecule has 1 aromatic carbocycles. The van der Waals surface area contributed by atoms with Crippen LogP contribution in [0.4, 0.5) is 0 Å². The lowest BCUT2D eigenvalue weighted by Crippen LogP contribution is -1.96. The predicted octanol–water partition coefficient (Wildman–Crippen LogP) is 6.61. The second-order valence-corrected chi connectivity index (χ2v) is 6.90. The van der Waals surface area contributed by atoms with Gasteiger partial charge in [-0.25, -0.2) is 0 Å². The molecule has 0 saturated carbocycles. The van der Waals surface area contributed by atoms with Crippen molar-refractivity contribution in [2.24, 2.45) is 0 Å². The minimum absolute atomic E-state index is 0.332. The zero-order valence-corrected chi connectivity index (χ0v) is 15.8. The summed E-state index contributed by atoms with van der Waals surface area (Å²) in [4.78, 5) is 10.4. The average molecular weight is 349 g/mol. The largest absolute Gasteiger partial charge is 0.494 e. The molecule has 0 aliphatic rings. The first kappa shape index (κ1) is 21.5. The molecule has 0 bridgehead atoms. The number of para-hydroxylation sites is 1. The van der Waals surface area contributed by atoms with Crippen LogP contribution in [0.25, 0.3) is 0 Å². The summed E-state index contributed by atoms with van der Waals surface area (Å²) in [7, 11) is 0. The second-order valence-electron chi connectivity index (χ2n) is 6.90. The number of rotatable bonds is 17. The molecule has 0 aliphatic carbocycles. The van der Waals surface area contributed by atoms with Crippen molar-refractivity contribution in [2.75, 3.05) is 6.61 Å². The molecule has 0 amide bonds. The highest BCUT2D eigenvalue weighted by molar-refractivity contribution is 5.66. The fraction of sp³-hybridized carbons (Fsp3) is 0.682. The van der Waals surface area contributed by atoms with Gasteiger partial charge in [0.15, 0.2) is 0 Å². The molecule has 1 rings (SSSR count). The Balaban J connectivity index is 1.71. The Labute approximate surface area is 153 Å². The lowest BCUT2D eigenvalue weighted by atomic mass is 10.0. The maximum atomic E-state index is 10.4. The van der Waals surface area contributed by atoms with Crippen molar-refractivity contribution in [3.8, 4) is 5.75 Å². The van der Waals surface area contributed by atoms with E-state index in [4.69, 9.17) is 9.84 Å². The van der Waals surface area contributed by atoms with E-state index < -0.39 is 5.97 Å². The SMILES string of the molecule is O=C(O)CCCCCCCCCCCCCCCOc1ccccc1. The Bertz CT molecular complexity index is 417. The van der Waals surface area contributed by atoms with E-state index >= 15 is 0 Å². The molecule has 0 radical (unpaired) electrons. The van der Waals surface area contributed by atoms with Crippen LogP contribution >= 0.6 is 0 Å². The van der Waals surface area contributed by atoms with Crippen LogP contribution in [0.3, 0.4) is 0 Å². The lowest BCUT2D eigenvalue weighted by Gasteiger charge is -2.06. The number of benzene rings is 1. The Kier molecular flexibility index (Phi) is 13.8. The Morgan fingerprint density at radius 2 is 1.12 bits per heavy atom. The van der Waals surface area contributed by atoms with E-state index in [2.05, 4.69) is 0 Å². The zero-order chi connectivity index (χ0) is 18.0. The number of hydrogen-bond donors (Lipinski definition) is 1. The van der Waals surface area contributed by atoms with Crippen molar-refractivity contribution in [3.05, 3.63) is 30.3 Å². The van der Waals surface area contributed by atoms with Crippen LogP contribution in [-0.4, -0.2) is 17.7 Å². The molecule has 0 saturated heterocycles. The number of hydrogen-bond acceptors (Lipinski definition) is 2. The van der Waals surface area contributed by atoms with Gasteiger partial charge < -0.3 is 9.84 Å². The molecule has 0 unspecified atom stereocenters. The van der Waals surface area contributed by atoms with Crippen molar-refractivity contribution in [3.63, 3.8) is 0 Å². The van der Waals surface area contributed by atoms with Gasteiger partial charge in [-0.3, -0.25) is 4.79 Å². The first-order valence-corrected chi connectivity index (χ1v) is 10.2.